The quantitative estimate of drug-likeness (QED) is 0.750. The summed E-state index contributed by atoms with van der Waals surface area (Å²) in [6.45, 7) is 0.872. The minimum absolute atomic E-state index is 0.0299. The van der Waals surface area contributed by atoms with Crippen molar-refractivity contribution >= 4 is 43.5 Å². The molecule has 0 bridgehead atoms. The highest BCUT2D eigenvalue weighted by Crippen LogP contribution is 2.22. The summed E-state index contributed by atoms with van der Waals surface area (Å²) in [4.78, 5) is 12.2. The summed E-state index contributed by atoms with van der Waals surface area (Å²) in [6, 6.07) is 12.8. The van der Waals surface area contributed by atoms with Crippen LogP contribution >= 0.6 is 27.5 Å². The van der Waals surface area contributed by atoms with E-state index in [1.165, 1.54) is 9.87 Å². The number of carbonyl (C=O) groups is 1. The minimum Gasteiger partial charge on any atom is -0.351 e. The summed E-state index contributed by atoms with van der Waals surface area (Å²) in [5, 5.41) is 2.95. The minimum atomic E-state index is -3.45. The van der Waals surface area contributed by atoms with Gasteiger partial charge in [0.05, 0.1) is 16.3 Å². The normalized spacial score (nSPS) is 14.7. The molecule has 5 nitrogen and oxygen atoms in total. The third-order valence-corrected chi connectivity index (χ3v) is 6.95. The molecule has 1 aliphatic heterocycles. The Labute approximate surface area is 166 Å². The lowest BCUT2D eigenvalue weighted by atomic mass is 10.0. The van der Waals surface area contributed by atoms with E-state index in [2.05, 4.69) is 21.2 Å². The molecule has 26 heavy (non-hydrogen) atoms. The van der Waals surface area contributed by atoms with Crippen molar-refractivity contribution < 1.29 is 13.2 Å². The maximum absolute atomic E-state index is 12.6. The molecule has 0 radical (unpaired) electrons. The zero-order chi connectivity index (χ0) is 18.7. The largest absolute Gasteiger partial charge is 0.351 e. The number of halogens is 2. The molecule has 0 saturated heterocycles. The predicted molar refractivity (Wildman–Crippen MR) is 106 cm³/mol. The fourth-order valence-electron chi connectivity index (χ4n) is 2.90. The summed E-state index contributed by atoms with van der Waals surface area (Å²) in [5.74, 6) is -0.539. The molecule has 8 heteroatoms. The summed E-state index contributed by atoms with van der Waals surface area (Å²) in [6.07, 6.45) is 0.704. The number of nitrogens with zero attached hydrogens (tertiary/aromatic N) is 1. The van der Waals surface area contributed by atoms with Gasteiger partial charge in [-0.05, 0) is 35.7 Å². The topological polar surface area (TPSA) is 66.5 Å². The van der Waals surface area contributed by atoms with Crippen molar-refractivity contribution in [3.63, 3.8) is 0 Å². The molecule has 2 aromatic carbocycles. The smallest absolute Gasteiger partial charge is 0.252 e. The van der Waals surface area contributed by atoms with Crippen molar-refractivity contribution in [1.82, 2.24) is 9.62 Å². The van der Waals surface area contributed by atoms with Crippen molar-refractivity contribution in [3.05, 3.63) is 68.7 Å². The lowest BCUT2D eigenvalue weighted by Gasteiger charge is -2.28. The molecule has 3 rings (SSSR count). The molecule has 2 aromatic rings. The summed E-state index contributed by atoms with van der Waals surface area (Å²) in [5.41, 5.74) is 2.54. The fraction of sp³-hybridized carbons (Fsp3) is 0.278. The number of hydrogen-bond donors (Lipinski definition) is 1. The van der Waals surface area contributed by atoms with Crippen LogP contribution in [0.25, 0.3) is 0 Å². The zero-order valence-corrected chi connectivity index (χ0v) is 17.1. The molecule has 0 aromatic heterocycles. The molecule has 0 fully saturated rings. The van der Waals surface area contributed by atoms with Gasteiger partial charge in [-0.2, -0.15) is 4.31 Å². The number of benzene rings is 2. The highest BCUT2D eigenvalue weighted by molar-refractivity contribution is 9.10. The number of hydrogen-bond acceptors (Lipinski definition) is 3. The molecule has 0 saturated carbocycles. The van der Waals surface area contributed by atoms with Crippen LogP contribution < -0.4 is 5.32 Å². The first-order valence-electron chi connectivity index (χ1n) is 8.15. The standard InChI is InChI=1S/C18H18BrClN2O3S/c19-15-5-6-17(20)16(11-15)18(23)21-8-10-26(24,25)22-9-7-13-3-1-2-4-14(13)12-22/h1-6,11H,7-10,12H2,(H,21,23). The van der Waals surface area contributed by atoms with Gasteiger partial charge >= 0.3 is 0 Å². The second-order valence-corrected chi connectivity index (χ2v) is 9.46. The Kier molecular flexibility index (Phi) is 6.02. The Hall–Kier alpha value is -1.41. The van der Waals surface area contributed by atoms with Crippen molar-refractivity contribution in [2.75, 3.05) is 18.8 Å². The summed E-state index contributed by atoms with van der Waals surface area (Å²) >= 11 is 9.31. The average molecular weight is 458 g/mol. The first-order valence-corrected chi connectivity index (χ1v) is 10.9. The number of nitrogens with one attached hydrogen (secondary N) is 1. The Morgan fingerprint density at radius 1 is 1.19 bits per heavy atom. The zero-order valence-electron chi connectivity index (χ0n) is 13.9. The fourth-order valence-corrected chi connectivity index (χ4v) is 4.78. The van der Waals surface area contributed by atoms with Gasteiger partial charge in [0.15, 0.2) is 0 Å². The molecular weight excluding hydrogens is 440 g/mol. The molecule has 0 atom stereocenters. The van der Waals surface area contributed by atoms with Gasteiger partial charge < -0.3 is 5.32 Å². The van der Waals surface area contributed by atoms with Gasteiger partial charge in [0.2, 0.25) is 10.0 Å². The maximum Gasteiger partial charge on any atom is 0.252 e. The Bertz CT molecular complexity index is 934. The van der Waals surface area contributed by atoms with E-state index in [-0.39, 0.29) is 12.3 Å². The van der Waals surface area contributed by atoms with Crippen LogP contribution in [-0.2, 0) is 23.0 Å². The number of fused-ring (bicyclic) bond motifs is 1. The lowest BCUT2D eigenvalue weighted by Crippen LogP contribution is -2.40. The summed E-state index contributed by atoms with van der Waals surface area (Å²) in [7, 11) is -3.45. The van der Waals surface area contributed by atoms with E-state index in [0.717, 1.165) is 10.0 Å². The van der Waals surface area contributed by atoms with E-state index in [9.17, 15) is 13.2 Å². The van der Waals surface area contributed by atoms with Gasteiger partial charge in [-0.15, -0.1) is 0 Å². The first-order chi connectivity index (χ1) is 12.4. The lowest BCUT2D eigenvalue weighted by molar-refractivity contribution is 0.0956. The third-order valence-electron chi connectivity index (χ3n) is 4.31. The molecule has 0 aliphatic carbocycles. The maximum atomic E-state index is 12.6. The van der Waals surface area contributed by atoms with Crippen LogP contribution in [0.1, 0.15) is 21.5 Å². The SMILES string of the molecule is O=C(NCCS(=O)(=O)N1CCc2ccccc2C1)c1cc(Br)ccc1Cl. The van der Waals surface area contributed by atoms with Crippen LogP contribution in [0.15, 0.2) is 46.9 Å². The number of amides is 1. The summed E-state index contributed by atoms with van der Waals surface area (Å²) < 4.78 is 27.4. The second-order valence-electron chi connectivity index (χ2n) is 6.05. The molecule has 1 amide bonds. The number of sulfonamides is 1. The van der Waals surface area contributed by atoms with Crippen molar-refractivity contribution in [1.29, 1.82) is 0 Å². The van der Waals surface area contributed by atoms with Crippen LogP contribution in [0.3, 0.4) is 0 Å². The van der Waals surface area contributed by atoms with Gasteiger partial charge in [-0.3, -0.25) is 4.79 Å². The van der Waals surface area contributed by atoms with Gasteiger partial charge in [0.25, 0.3) is 5.91 Å². The third kappa shape index (κ3) is 4.46. The van der Waals surface area contributed by atoms with E-state index in [1.807, 2.05) is 24.3 Å². The molecule has 1 aliphatic rings. The van der Waals surface area contributed by atoms with Crippen molar-refractivity contribution in [2.24, 2.45) is 0 Å². The highest BCUT2D eigenvalue weighted by Gasteiger charge is 2.26. The van der Waals surface area contributed by atoms with Crippen LogP contribution in [0.4, 0.5) is 0 Å². The van der Waals surface area contributed by atoms with E-state index >= 15 is 0 Å². The molecular formula is C18H18BrClN2O3S. The van der Waals surface area contributed by atoms with E-state index in [1.54, 1.807) is 18.2 Å². The van der Waals surface area contributed by atoms with E-state index < -0.39 is 15.9 Å². The first kappa shape index (κ1) is 19.4. The van der Waals surface area contributed by atoms with Gasteiger partial charge in [-0.25, -0.2) is 8.42 Å². The Morgan fingerprint density at radius 3 is 2.69 bits per heavy atom. The van der Waals surface area contributed by atoms with E-state index in [4.69, 9.17) is 11.6 Å². The second kappa shape index (κ2) is 8.08. The highest BCUT2D eigenvalue weighted by atomic mass is 79.9. The Morgan fingerprint density at radius 2 is 1.92 bits per heavy atom. The van der Waals surface area contributed by atoms with Gasteiger partial charge in [-0.1, -0.05) is 51.8 Å². The predicted octanol–water partition coefficient (Wildman–Crippen LogP) is 3.22. The van der Waals surface area contributed by atoms with Crippen molar-refractivity contribution in [3.8, 4) is 0 Å². The molecule has 0 unspecified atom stereocenters. The van der Waals surface area contributed by atoms with E-state index in [0.29, 0.717) is 30.1 Å². The van der Waals surface area contributed by atoms with Crippen LogP contribution in [0, 0.1) is 0 Å². The monoisotopic (exact) mass is 456 g/mol. The van der Waals surface area contributed by atoms with Gasteiger partial charge in [0.1, 0.15) is 0 Å². The molecule has 1 N–H and O–H groups in total. The Balaban J connectivity index is 1.59. The van der Waals surface area contributed by atoms with Crippen LogP contribution in [-0.4, -0.2) is 37.5 Å². The average Bonchev–Trinajstić information content (AvgIpc) is 2.63. The molecule has 0 spiro atoms. The number of carbonyl (C=O) groups excluding carboxylic acids is 1. The molecule has 1 heterocycles. The molecule has 138 valence electrons. The van der Waals surface area contributed by atoms with Crippen molar-refractivity contribution in [2.45, 2.75) is 13.0 Å². The van der Waals surface area contributed by atoms with Crippen LogP contribution in [0.5, 0.6) is 0 Å². The van der Waals surface area contributed by atoms with Gasteiger partial charge in [0, 0.05) is 24.1 Å². The number of rotatable bonds is 5. The van der Waals surface area contributed by atoms with Crippen LogP contribution in [0.2, 0.25) is 5.02 Å².